The van der Waals surface area contributed by atoms with Crippen molar-refractivity contribution in [1.82, 2.24) is 60.9 Å². The van der Waals surface area contributed by atoms with Crippen molar-refractivity contribution in [3.63, 3.8) is 0 Å². The minimum atomic E-state index is -1.34. The molecule has 0 aromatic carbocycles. The molecule has 4 unspecified atom stereocenters. The van der Waals surface area contributed by atoms with Crippen LogP contribution in [0.25, 0.3) is 0 Å². The number of thioether (sulfide) groups is 1. The third-order valence-corrected chi connectivity index (χ3v) is 19.6. The number of hydrogen-bond acceptors (Lipinski definition) is 15. The van der Waals surface area contributed by atoms with Crippen LogP contribution in [0.1, 0.15) is 209 Å². The van der Waals surface area contributed by atoms with Gasteiger partial charge in [0.15, 0.2) is 0 Å². The molecule has 0 aliphatic carbocycles. The van der Waals surface area contributed by atoms with Crippen molar-refractivity contribution >= 4 is 88.9 Å². The molecule has 1 rings (SSSR count). The molecule has 6 N–H and O–H groups in total. The number of carboxylic acid groups (broad SMARTS) is 1. The number of hydrogen-bond donors (Lipinski definition) is 6. The number of nitrogens with zero attached hydrogens (tertiary/aromatic N) is 7. The molecule has 0 radical (unpaired) electrons. The number of imide groups is 1. The lowest BCUT2D eigenvalue weighted by Crippen LogP contribution is -2.62. The van der Waals surface area contributed by atoms with E-state index in [0.717, 1.165) is 34.0 Å². The maximum atomic E-state index is 15.5. The molecule has 11 atom stereocenters. The molecule has 0 saturated carbocycles. The quantitative estimate of drug-likeness (QED) is 0.0546. The fraction of sp³-hybridized carbons (Fsp3) is 0.817. The molecule has 568 valence electrons. The summed E-state index contributed by atoms with van der Waals surface area (Å²) >= 11 is 1.25. The SMILES string of the molecule is CCC1NC(=O)C(C[C@H](C)CCCCCCNC(=O)OC(C)(C)C)N(C)C(=O)C(C(C)C)N(C)C(=O)N(C)C(=O)[C@@H](CC(C)C)N(C)C(=O)C(C)NC(=O)[C@@H](C)NC(=O)[C@@H](CC(C)C)N(C)C(=O)[C@@H](C(C)C)NC(=O)[C@H](CC(C)C)N(C)C(=O)[C@@H](CSC(C)(C)CCC(=O)O)N(C)C1=O. The topological polar surface area (TPSA) is 334 Å². The molecule has 0 bridgehead atoms. The average molecular weight is 1420 g/mol. The molecule has 13 amide bonds. The number of nitrogens with one attached hydrogen (secondary N) is 5. The van der Waals surface area contributed by atoms with E-state index in [1.54, 1.807) is 55.4 Å². The van der Waals surface area contributed by atoms with Crippen LogP contribution in [0.4, 0.5) is 9.59 Å². The molecule has 1 aliphatic heterocycles. The lowest BCUT2D eigenvalue weighted by atomic mass is 9.93. The van der Waals surface area contributed by atoms with Gasteiger partial charge in [-0.1, -0.05) is 123 Å². The Kier molecular flexibility index (Phi) is 37.6. The molecule has 1 saturated heterocycles. The van der Waals surface area contributed by atoms with Crippen LogP contribution in [0.5, 0.6) is 0 Å². The summed E-state index contributed by atoms with van der Waals surface area (Å²) < 4.78 is 4.60. The molecule has 1 fully saturated rings. The predicted molar refractivity (Wildman–Crippen MR) is 384 cm³/mol. The maximum Gasteiger partial charge on any atom is 0.407 e. The number of carbonyl (C=O) groups excluding carboxylic acids is 12. The largest absolute Gasteiger partial charge is 0.481 e. The molecule has 0 spiro atoms. The Morgan fingerprint density at radius 2 is 0.970 bits per heavy atom. The molecular formula is C71H128N12O15S. The highest BCUT2D eigenvalue weighted by Gasteiger charge is 2.45. The van der Waals surface area contributed by atoms with Crippen LogP contribution >= 0.6 is 11.8 Å². The zero-order valence-electron chi connectivity index (χ0n) is 64.8. The number of carboxylic acids is 1. The van der Waals surface area contributed by atoms with Crippen molar-refractivity contribution < 1.29 is 72.2 Å². The van der Waals surface area contributed by atoms with Gasteiger partial charge in [-0.15, -0.1) is 0 Å². The number of likely N-dealkylation sites (N-methyl/N-ethyl adjacent to an activating group) is 7. The van der Waals surface area contributed by atoms with Crippen LogP contribution in [0, 0.1) is 35.5 Å². The monoisotopic (exact) mass is 1420 g/mol. The van der Waals surface area contributed by atoms with Crippen molar-refractivity contribution in [2.75, 3.05) is 61.6 Å². The summed E-state index contributed by atoms with van der Waals surface area (Å²) in [6.07, 6.45) is 3.43. The highest BCUT2D eigenvalue weighted by molar-refractivity contribution is 8.00. The lowest BCUT2D eigenvalue weighted by molar-refractivity contribution is -0.150. The summed E-state index contributed by atoms with van der Waals surface area (Å²) in [5.41, 5.74) is -0.645. The first-order valence-electron chi connectivity index (χ1n) is 35.5. The minimum absolute atomic E-state index is 0.000144. The fourth-order valence-electron chi connectivity index (χ4n) is 11.9. The number of rotatable bonds is 24. The van der Waals surface area contributed by atoms with Crippen molar-refractivity contribution in [3.8, 4) is 0 Å². The van der Waals surface area contributed by atoms with Gasteiger partial charge < -0.3 is 65.8 Å². The van der Waals surface area contributed by atoms with Crippen LogP contribution in [0.3, 0.4) is 0 Å². The van der Waals surface area contributed by atoms with Gasteiger partial charge in [-0.05, 0) is 115 Å². The zero-order valence-corrected chi connectivity index (χ0v) is 65.7. The summed E-state index contributed by atoms with van der Waals surface area (Å²) in [5, 5.41) is 23.6. The highest BCUT2D eigenvalue weighted by atomic mass is 32.2. The second kappa shape index (κ2) is 41.2. The second-order valence-corrected chi connectivity index (χ2v) is 32.5. The van der Waals surface area contributed by atoms with Crippen molar-refractivity contribution in [1.29, 1.82) is 0 Å². The van der Waals surface area contributed by atoms with Gasteiger partial charge in [0.1, 0.15) is 66.0 Å². The van der Waals surface area contributed by atoms with E-state index < -0.39 is 160 Å². The third-order valence-electron chi connectivity index (χ3n) is 18.1. The van der Waals surface area contributed by atoms with Gasteiger partial charge >= 0.3 is 18.1 Å². The maximum absolute atomic E-state index is 15.5. The van der Waals surface area contributed by atoms with E-state index in [4.69, 9.17) is 4.74 Å². The summed E-state index contributed by atoms with van der Waals surface area (Å²) in [5.74, 6) is -10.2. The van der Waals surface area contributed by atoms with E-state index in [0.29, 0.717) is 19.4 Å². The first kappa shape index (κ1) is 90.3. The summed E-state index contributed by atoms with van der Waals surface area (Å²) in [4.78, 5) is 195. The lowest BCUT2D eigenvalue weighted by Gasteiger charge is -2.39. The van der Waals surface area contributed by atoms with Gasteiger partial charge in [0.2, 0.25) is 53.2 Å². The number of unbranched alkanes of at least 4 members (excludes halogenated alkanes) is 3. The number of urea groups is 1. The van der Waals surface area contributed by atoms with Crippen LogP contribution in [0.15, 0.2) is 0 Å². The van der Waals surface area contributed by atoms with Gasteiger partial charge in [-0.3, -0.25) is 57.6 Å². The minimum Gasteiger partial charge on any atom is -0.481 e. The molecular weight excluding hydrogens is 1290 g/mol. The third kappa shape index (κ3) is 29.0. The Balaban J connectivity index is 4.40. The van der Waals surface area contributed by atoms with E-state index in [1.165, 1.54) is 94.5 Å². The molecule has 0 aromatic heterocycles. The smallest absolute Gasteiger partial charge is 0.407 e. The van der Waals surface area contributed by atoms with Gasteiger partial charge in [0.25, 0.3) is 5.91 Å². The Labute approximate surface area is 595 Å². The Bertz CT molecular complexity index is 2740. The van der Waals surface area contributed by atoms with Crippen LogP contribution < -0.4 is 26.6 Å². The predicted octanol–water partition coefficient (Wildman–Crippen LogP) is 6.73. The second-order valence-electron chi connectivity index (χ2n) is 30.8. The molecule has 1 aliphatic rings. The van der Waals surface area contributed by atoms with Gasteiger partial charge in [-0.25, -0.2) is 9.59 Å². The van der Waals surface area contributed by atoms with Gasteiger partial charge in [-0.2, -0.15) is 11.8 Å². The molecule has 27 nitrogen and oxygen atoms in total. The average Bonchev–Trinajstić information content (AvgIpc) is 0.814. The number of amides is 13. The zero-order chi connectivity index (χ0) is 76.6. The first-order chi connectivity index (χ1) is 45.5. The van der Waals surface area contributed by atoms with Gasteiger partial charge in [0.05, 0.1) is 0 Å². The molecule has 0 aromatic rings. The van der Waals surface area contributed by atoms with E-state index in [9.17, 15) is 48.3 Å². The Morgan fingerprint density at radius 1 is 0.515 bits per heavy atom. The standard InChI is InChI=1S/C71H128N12O15S/c1-27-49-63(91)81(24)54(40-99-71(18,19)34-33-55(84)85)65(93)77(20)51(37-42(4)5)61(89)76-56(44(8)9)66(94)78(21)50(36-41(2)3)59(87)73-47(13)58(86)74-48(14)62(90)80(23)53(38-43(6)7)64(92)83(26)69(97)82(25)57(45(10)11)67(95)79(22)52(60(88)75-49)39-46(12)32-30-28-29-31-35-72-68(96)98-70(15,16)17/h41-54,56-57H,27-40H2,1-26H3,(H,72,96)(H,73,87)(H,74,86)(H,75,88)(H,76,89)(H,84,85)/t46-,47-,48?,49?,50-,51+,52?,53-,54-,56-,57?/m1/s1. The fourth-order valence-corrected chi connectivity index (χ4v) is 13.1. The first-order valence-corrected chi connectivity index (χ1v) is 36.5. The number of carbonyl (C=O) groups is 13. The van der Waals surface area contributed by atoms with Crippen molar-refractivity contribution in [3.05, 3.63) is 0 Å². The Morgan fingerprint density at radius 3 is 1.46 bits per heavy atom. The van der Waals surface area contributed by atoms with E-state index in [2.05, 4.69) is 26.6 Å². The number of aliphatic carboxylic acids is 1. The summed E-state index contributed by atoms with van der Waals surface area (Å²) in [6.45, 7) is 33.7. The molecule has 99 heavy (non-hydrogen) atoms. The number of ether oxygens (including phenoxy) is 1. The summed E-state index contributed by atoms with van der Waals surface area (Å²) in [7, 11) is 9.68. The summed E-state index contributed by atoms with van der Waals surface area (Å²) in [6, 6.07) is -13.6. The highest BCUT2D eigenvalue weighted by Crippen LogP contribution is 2.32. The van der Waals surface area contributed by atoms with E-state index in [-0.39, 0.29) is 74.4 Å². The number of alkyl carbamates (subject to hydrolysis) is 1. The molecule has 1 heterocycles. The van der Waals surface area contributed by atoms with E-state index >= 15 is 19.2 Å². The van der Waals surface area contributed by atoms with Crippen LogP contribution in [-0.4, -0.2) is 249 Å². The van der Waals surface area contributed by atoms with Crippen LogP contribution in [0.2, 0.25) is 0 Å². The van der Waals surface area contributed by atoms with Gasteiger partial charge in [0, 0.05) is 72.8 Å². The Hall–Kier alpha value is -6.74. The van der Waals surface area contributed by atoms with Crippen molar-refractivity contribution in [2.24, 2.45) is 35.5 Å². The van der Waals surface area contributed by atoms with Crippen molar-refractivity contribution in [2.45, 2.75) is 279 Å². The molecule has 28 heteroatoms. The van der Waals surface area contributed by atoms with E-state index in [1.807, 2.05) is 62.3 Å². The van der Waals surface area contributed by atoms with Crippen LogP contribution in [-0.2, 0) is 57.5 Å². The normalized spacial score (nSPS) is 24.4.